The molecule has 0 aliphatic carbocycles. The largest absolute Gasteiger partial charge is 0.401 e. The minimum absolute atomic E-state index is 0.000876. The molecule has 2 aromatic rings. The van der Waals surface area contributed by atoms with Crippen molar-refractivity contribution in [3.63, 3.8) is 0 Å². The van der Waals surface area contributed by atoms with Crippen LogP contribution in [0.4, 0.5) is 0 Å². The fourth-order valence-corrected chi connectivity index (χ4v) is 5.85. The van der Waals surface area contributed by atoms with Crippen LogP contribution < -0.4 is 0 Å². The maximum atomic E-state index is 12.7. The average Bonchev–Trinajstić information content (AvgIpc) is 3.06. The topological polar surface area (TPSA) is 112 Å². The number of carbonyl (C=O) groups is 4. The molecule has 0 saturated carbocycles. The van der Waals surface area contributed by atoms with Gasteiger partial charge in [-0.05, 0) is 56.5 Å². The van der Waals surface area contributed by atoms with E-state index >= 15 is 0 Å². The third-order valence-electron chi connectivity index (χ3n) is 7.62. The van der Waals surface area contributed by atoms with Gasteiger partial charge in [-0.2, -0.15) is 0 Å². The Hall–Kier alpha value is -4.28. The lowest BCUT2D eigenvalue weighted by molar-refractivity contribution is -0.381. The van der Waals surface area contributed by atoms with Crippen molar-refractivity contribution < 1.29 is 38.1 Å². The lowest BCUT2D eigenvalue weighted by Crippen LogP contribution is -2.59. The molecule has 1 saturated heterocycles. The van der Waals surface area contributed by atoms with Crippen LogP contribution in [0.3, 0.4) is 0 Å². The van der Waals surface area contributed by atoms with E-state index in [2.05, 4.69) is 36.1 Å². The molecule has 6 rings (SSSR count). The standard InChI is InChI=1S/C30H28N2O8/c1-20-5-4-6-22(17-20)18-31-15-13-21(14-16-31)19-32-29(37-25(33)9-10-26(34)38-29)23-7-2-3-8-24(23)30(32)39-27(35)11-12-28(36)40-30/h2-12,17,21H,13-16,18-19H2,1H3. The number of aryl methyl sites for hydroxylation is 1. The molecule has 206 valence electrons. The number of piperidine rings is 1. The summed E-state index contributed by atoms with van der Waals surface area (Å²) >= 11 is 0. The summed E-state index contributed by atoms with van der Waals surface area (Å²) in [5.41, 5.74) is 2.89. The van der Waals surface area contributed by atoms with E-state index in [1.165, 1.54) is 16.0 Å². The minimum Gasteiger partial charge on any atom is -0.401 e. The summed E-state index contributed by atoms with van der Waals surface area (Å²) in [6.45, 7) is 4.61. The quantitative estimate of drug-likeness (QED) is 0.533. The molecule has 2 spiro atoms. The van der Waals surface area contributed by atoms with Gasteiger partial charge < -0.3 is 18.9 Å². The van der Waals surface area contributed by atoms with E-state index in [0.717, 1.165) is 56.8 Å². The van der Waals surface area contributed by atoms with E-state index in [1.807, 2.05) is 0 Å². The number of carbonyl (C=O) groups excluding carboxylic acids is 4. The van der Waals surface area contributed by atoms with E-state index in [4.69, 9.17) is 18.9 Å². The van der Waals surface area contributed by atoms with Crippen LogP contribution in [-0.4, -0.2) is 53.3 Å². The number of esters is 4. The number of nitrogens with zero attached hydrogens (tertiary/aromatic N) is 2. The molecule has 0 atom stereocenters. The number of benzene rings is 2. The zero-order valence-electron chi connectivity index (χ0n) is 21.9. The lowest BCUT2D eigenvalue weighted by atomic mass is 9.95. The first-order valence-corrected chi connectivity index (χ1v) is 13.2. The first-order chi connectivity index (χ1) is 19.3. The van der Waals surface area contributed by atoms with E-state index in [9.17, 15) is 19.2 Å². The number of ether oxygens (including phenoxy) is 4. The highest BCUT2D eigenvalue weighted by molar-refractivity contribution is 5.94. The summed E-state index contributed by atoms with van der Waals surface area (Å²) in [6, 6.07) is 14.9. The molecule has 4 heterocycles. The van der Waals surface area contributed by atoms with Crippen LogP contribution >= 0.6 is 0 Å². The Morgan fingerprint density at radius 2 is 1.23 bits per heavy atom. The summed E-state index contributed by atoms with van der Waals surface area (Å²) < 4.78 is 23.2. The number of likely N-dealkylation sites (tertiary alicyclic amines) is 1. The molecule has 10 nitrogen and oxygen atoms in total. The molecule has 0 radical (unpaired) electrons. The zero-order valence-corrected chi connectivity index (χ0v) is 21.9. The molecule has 0 aromatic heterocycles. The predicted molar refractivity (Wildman–Crippen MR) is 138 cm³/mol. The maximum absolute atomic E-state index is 12.7. The Labute approximate surface area is 230 Å². The summed E-state index contributed by atoms with van der Waals surface area (Å²) in [5.74, 6) is -7.59. The first-order valence-electron chi connectivity index (χ1n) is 13.2. The summed E-state index contributed by atoms with van der Waals surface area (Å²) in [6.07, 6.45) is 5.40. The number of hydrogen-bond acceptors (Lipinski definition) is 10. The summed E-state index contributed by atoms with van der Waals surface area (Å²) in [7, 11) is 0. The Morgan fingerprint density at radius 3 is 1.70 bits per heavy atom. The van der Waals surface area contributed by atoms with Crippen molar-refractivity contribution in [3.05, 3.63) is 95.1 Å². The van der Waals surface area contributed by atoms with Crippen LogP contribution in [0, 0.1) is 12.8 Å². The van der Waals surface area contributed by atoms with Crippen LogP contribution in [0.5, 0.6) is 0 Å². The molecule has 2 aromatic carbocycles. The third kappa shape index (κ3) is 4.59. The van der Waals surface area contributed by atoms with Gasteiger partial charge >= 0.3 is 35.7 Å². The van der Waals surface area contributed by atoms with Gasteiger partial charge in [0.15, 0.2) is 0 Å². The van der Waals surface area contributed by atoms with Crippen molar-refractivity contribution in [1.29, 1.82) is 0 Å². The van der Waals surface area contributed by atoms with Gasteiger partial charge in [-0.15, -0.1) is 4.90 Å². The van der Waals surface area contributed by atoms with Gasteiger partial charge in [-0.25, -0.2) is 19.2 Å². The Kier molecular flexibility index (Phi) is 6.52. The fourth-order valence-electron chi connectivity index (χ4n) is 5.85. The monoisotopic (exact) mass is 544 g/mol. The van der Waals surface area contributed by atoms with Crippen molar-refractivity contribution >= 4 is 23.9 Å². The van der Waals surface area contributed by atoms with Crippen LogP contribution in [0.2, 0.25) is 0 Å². The Bertz CT molecular complexity index is 1330. The van der Waals surface area contributed by atoms with Gasteiger partial charge in [0.2, 0.25) is 0 Å². The van der Waals surface area contributed by atoms with Crippen molar-refractivity contribution in [3.8, 4) is 0 Å². The van der Waals surface area contributed by atoms with E-state index in [1.54, 1.807) is 24.3 Å². The molecule has 0 amide bonds. The average molecular weight is 545 g/mol. The molecular formula is C30H28N2O8. The van der Waals surface area contributed by atoms with Crippen molar-refractivity contribution in [2.24, 2.45) is 5.92 Å². The molecule has 4 aliphatic rings. The highest BCUT2D eigenvalue weighted by Gasteiger charge is 2.69. The Morgan fingerprint density at radius 1 is 0.725 bits per heavy atom. The third-order valence-corrected chi connectivity index (χ3v) is 7.62. The second-order valence-electron chi connectivity index (χ2n) is 10.4. The molecule has 40 heavy (non-hydrogen) atoms. The first kappa shape index (κ1) is 26.0. The predicted octanol–water partition coefficient (Wildman–Crippen LogP) is 2.76. The van der Waals surface area contributed by atoms with Crippen molar-refractivity contribution in [2.45, 2.75) is 38.1 Å². The highest BCUT2D eigenvalue weighted by atomic mass is 16.8. The SMILES string of the molecule is Cc1cccc(CN2CCC(CN3C4(OC(=O)C=CC(=O)O4)c4ccccc4C34OC(=O)C=CC(=O)O4)CC2)c1. The summed E-state index contributed by atoms with van der Waals surface area (Å²) in [4.78, 5) is 54.7. The van der Waals surface area contributed by atoms with Gasteiger partial charge in [0, 0.05) is 37.4 Å². The zero-order chi connectivity index (χ0) is 27.9. The molecule has 0 N–H and O–H groups in total. The van der Waals surface area contributed by atoms with Crippen LogP contribution in [-0.2, 0) is 56.5 Å². The van der Waals surface area contributed by atoms with Gasteiger partial charge in [0.1, 0.15) is 0 Å². The fraction of sp³-hybridized carbons (Fsp3) is 0.333. The smallest absolute Gasteiger partial charge is 0.356 e. The molecular weight excluding hydrogens is 516 g/mol. The highest BCUT2D eigenvalue weighted by Crippen LogP contribution is 2.54. The van der Waals surface area contributed by atoms with Gasteiger partial charge in [-0.1, -0.05) is 42.0 Å². The number of rotatable bonds is 4. The molecule has 10 heteroatoms. The van der Waals surface area contributed by atoms with Gasteiger partial charge in [0.05, 0.1) is 11.1 Å². The second kappa shape index (κ2) is 10.0. The molecule has 0 unspecified atom stereocenters. The maximum Gasteiger partial charge on any atom is 0.356 e. The van der Waals surface area contributed by atoms with Crippen LogP contribution in [0.15, 0.2) is 72.8 Å². The molecule has 1 fully saturated rings. The lowest BCUT2D eigenvalue weighted by Gasteiger charge is -2.44. The number of hydrogen-bond donors (Lipinski definition) is 0. The Balaban J connectivity index is 1.34. The van der Waals surface area contributed by atoms with Crippen molar-refractivity contribution in [1.82, 2.24) is 9.80 Å². The van der Waals surface area contributed by atoms with Crippen LogP contribution in [0.25, 0.3) is 0 Å². The van der Waals surface area contributed by atoms with Crippen LogP contribution in [0.1, 0.15) is 35.1 Å². The van der Waals surface area contributed by atoms with E-state index < -0.39 is 35.7 Å². The van der Waals surface area contributed by atoms with E-state index in [-0.39, 0.29) is 23.6 Å². The van der Waals surface area contributed by atoms with Gasteiger partial charge in [-0.3, -0.25) is 4.90 Å². The van der Waals surface area contributed by atoms with Gasteiger partial charge in [0.25, 0.3) is 0 Å². The second-order valence-corrected chi connectivity index (χ2v) is 10.4. The van der Waals surface area contributed by atoms with Crippen molar-refractivity contribution in [2.75, 3.05) is 19.6 Å². The normalized spacial score (nSPS) is 22.3. The molecule has 0 bridgehead atoms. The minimum atomic E-state index is -2.13. The number of fused-ring (bicyclic) bond motifs is 3. The summed E-state index contributed by atoms with van der Waals surface area (Å²) in [5, 5.41) is 0. The molecule has 4 aliphatic heterocycles. The van der Waals surface area contributed by atoms with E-state index in [0.29, 0.717) is 0 Å².